The van der Waals surface area contributed by atoms with Gasteiger partial charge in [0.1, 0.15) is 11.6 Å². The van der Waals surface area contributed by atoms with Crippen LogP contribution in [0.2, 0.25) is 0 Å². The van der Waals surface area contributed by atoms with Crippen LogP contribution in [0, 0.1) is 11.7 Å². The highest BCUT2D eigenvalue weighted by molar-refractivity contribution is 5.89. The molecule has 0 radical (unpaired) electrons. The van der Waals surface area contributed by atoms with Gasteiger partial charge in [-0.25, -0.2) is 4.39 Å². The molecule has 1 aliphatic rings. The average molecular weight is 312 g/mol. The molecule has 2 aromatic rings. The molecule has 4 nitrogen and oxygen atoms in total. The van der Waals surface area contributed by atoms with Gasteiger partial charge in [0.2, 0.25) is 5.91 Å². The molecule has 1 amide bonds. The Morgan fingerprint density at radius 3 is 2.83 bits per heavy atom. The molecule has 3 rings (SSSR count). The molecule has 0 saturated heterocycles. The monoisotopic (exact) mass is 312 g/mol. The molecule has 1 N–H and O–H groups in total. The Bertz CT molecular complexity index is 728. The zero-order valence-electron chi connectivity index (χ0n) is 12.6. The number of fused-ring (bicyclic) bond motifs is 1. The molecule has 0 aliphatic heterocycles. The van der Waals surface area contributed by atoms with E-state index in [4.69, 9.17) is 0 Å². The fourth-order valence-corrected chi connectivity index (χ4v) is 2.78. The Hall–Kier alpha value is -2.56. The van der Waals surface area contributed by atoms with E-state index in [1.54, 1.807) is 18.3 Å². The second-order valence-electron chi connectivity index (χ2n) is 5.76. The van der Waals surface area contributed by atoms with E-state index < -0.39 is 0 Å². The summed E-state index contributed by atoms with van der Waals surface area (Å²) in [4.78, 5) is 28.5. The number of rotatable bonds is 4. The molecule has 1 aromatic carbocycles. The van der Waals surface area contributed by atoms with E-state index in [2.05, 4.69) is 10.3 Å². The van der Waals surface area contributed by atoms with Crippen molar-refractivity contribution in [3.8, 4) is 0 Å². The number of halogens is 1. The molecule has 118 valence electrons. The average Bonchev–Trinajstić information content (AvgIpc) is 2.55. The number of Topliss-reactive ketones (excluding diaryl/α,β-unsaturated/α-hetero) is 1. The van der Waals surface area contributed by atoms with E-state index in [-0.39, 0.29) is 29.8 Å². The SMILES string of the molecule is O=C(CC1Cc2ncccc2CC1=O)NCc1ccc(F)cc1. The van der Waals surface area contributed by atoms with Crippen molar-refractivity contribution in [2.75, 3.05) is 0 Å². The normalized spacial score (nSPS) is 16.7. The Labute approximate surface area is 133 Å². The predicted molar refractivity (Wildman–Crippen MR) is 83.0 cm³/mol. The van der Waals surface area contributed by atoms with Gasteiger partial charge in [0, 0.05) is 43.6 Å². The van der Waals surface area contributed by atoms with Crippen LogP contribution in [0.3, 0.4) is 0 Å². The molecule has 0 bridgehead atoms. The smallest absolute Gasteiger partial charge is 0.221 e. The van der Waals surface area contributed by atoms with E-state index in [0.717, 1.165) is 16.8 Å². The van der Waals surface area contributed by atoms with Crippen molar-refractivity contribution in [2.24, 2.45) is 5.92 Å². The van der Waals surface area contributed by atoms with Crippen LogP contribution in [-0.4, -0.2) is 16.7 Å². The van der Waals surface area contributed by atoms with E-state index in [0.29, 0.717) is 19.4 Å². The van der Waals surface area contributed by atoms with Crippen LogP contribution in [0.15, 0.2) is 42.6 Å². The van der Waals surface area contributed by atoms with Crippen LogP contribution in [0.1, 0.15) is 23.2 Å². The molecule has 23 heavy (non-hydrogen) atoms. The maximum absolute atomic E-state index is 12.8. The number of ketones is 1. The van der Waals surface area contributed by atoms with E-state index in [1.807, 2.05) is 12.1 Å². The third-order valence-corrected chi connectivity index (χ3v) is 4.08. The molecule has 1 heterocycles. The standard InChI is InChI=1S/C18H17FN2O2/c19-15-5-3-12(4-6-15)11-21-18(23)10-14-8-16-13(9-17(14)22)2-1-7-20-16/h1-7,14H,8-11H2,(H,21,23). The number of carbonyl (C=O) groups excluding carboxylic acids is 2. The number of pyridine rings is 1. The summed E-state index contributed by atoms with van der Waals surface area (Å²) in [5, 5.41) is 2.78. The molecule has 1 unspecified atom stereocenters. The van der Waals surface area contributed by atoms with Crippen LogP contribution in [0.4, 0.5) is 4.39 Å². The molecule has 0 spiro atoms. The van der Waals surface area contributed by atoms with Crippen molar-refractivity contribution in [1.29, 1.82) is 0 Å². The van der Waals surface area contributed by atoms with E-state index in [9.17, 15) is 14.0 Å². The first-order valence-electron chi connectivity index (χ1n) is 7.58. The second kappa shape index (κ2) is 6.69. The van der Waals surface area contributed by atoms with E-state index in [1.165, 1.54) is 12.1 Å². The Morgan fingerprint density at radius 1 is 1.26 bits per heavy atom. The van der Waals surface area contributed by atoms with Gasteiger partial charge < -0.3 is 5.32 Å². The summed E-state index contributed by atoms with van der Waals surface area (Å²) >= 11 is 0. The maximum atomic E-state index is 12.8. The molecular weight excluding hydrogens is 295 g/mol. The number of aromatic nitrogens is 1. The molecule has 0 saturated carbocycles. The van der Waals surface area contributed by atoms with Crippen LogP contribution >= 0.6 is 0 Å². The fourth-order valence-electron chi connectivity index (χ4n) is 2.78. The van der Waals surface area contributed by atoms with Crippen molar-refractivity contribution in [3.63, 3.8) is 0 Å². The number of benzene rings is 1. The van der Waals surface area contributed by atoms with Crippen molar-refractivity contribution in [3.05, 3.63) is 65.2 Å². The first kappa shape index (κ1) is 15.3. The maximum Gasteiger partial charge on any atom is 0.221 e. The Morgan fingerprint density at radius 2 is 2.04 bits per heavy atom. The zero-order valence-corrected chi connectivity index (χ0v) is 12.6. The highest BCUT2D eigenvalue weighted by Gasteiger charge is 2.28. The lowest BCUT2D eigenvalue weighted by Gasteiger charge is -2.22. The highest BCUT2D eigenvalue weighted by atomic mass is 19.1. The number of hydrogen-bond donors (Lipinski definition) is 1. The van der Waals surface area contributed by atoms with Crippen molar-refractivity contribution >= 4 is 11.7 Å². The first-order valence-corrected chi connectivity index (χ1v) is 7.58. The summed E-state index contributed by atoms with van der Waals surface area (Å²) in [6, 6.07) is 9.69. The third kappa shape index (κ3) is 3.80. The van der Waals surface area contributed by atoms with Gasteiger partial charge in [-0.05, 0) is 29.3 Å². The van der Waals surface area contributed by atoms with Crippen LogP contribution in [0.25, 0.3) is 0 Å². The highest BCUT2D eigenvalue weighted by Crippen LogP contribution is 2.23. The van der Waals surface area contributed by atoms with Gasteiger partial charge in [0.15, 0.2) is 0 Å². The van der Waals surface area contributed by atoms with E-state index >= 15 is 0 Å². The minimum absolute atomic E-state index is 0.0856. The molecular formula is C18H17FN2O2. The largest absolute Gasteiger partial charge is 0.352 e. The number of nitrogens with zero attached hydrogens (tertiary/aromatic N) is 1. The lowest BCUT2D eigenvalue weighted by Crippen LogP contribution is -2.32. The Kier molecular flexibility index (Phi) is 4.46. The number of carbonyl (C=O) groups is 2. The van der Waals surface area contributed by atoms with Crippen LogP contribution < -0.4 is 5.32 Å². The quantitative estimate of drug-likeness (QED) is 0.941. The van der Waals surface area contributed by atoms with Crippen molar-refractivity contribution in [2.45, 2.75) is 25.8 Å². The van der Waals surface area contributed by atoms with Gasteiger partial charge in [-0.1, -0.05) is 18.2 Å². The predicted octanol–water partition coefficient (Wildman–Crippen LogP) is 2.21. The summed E-state index contributed by atoms with van der Waals surface area (Å²) in [5.74, 6) is -0.709. The molecule has 0 fully saturated rings. The number of amides is 1. The lowest BCUT2D eigenvalue weighted by atomic mass is 9.83. The summed E-state index contributed by atoms with van der Waals surface area (Å²) in [5.41, 5.74) is 2.69. The minimum Gasteiger partial charge on any atom is -0.352 e. The van der Waals surface area contributed by atoms with Gasteiger partial charge in [0.05, 0.1) is 0 Å². The van der Waals surface area contributed by atoms with Gasteiger partial charge in [-0.15, -0.1) is 0 Å². The van der Waals surface area contributed by atoms with Crippen LogP contribution in [-0.2, 0) is 29.0 Å². The van der Waals surface area contributed by atoms with Crippen molar-refractivity contribution < 1.29 is 14.0 Å². The van der Waals surface area contributed by atoms with Gasteiger partial charge >= 0.3 is 0 Å². The summed E-state index contributed by atoms with van der Waals surface area (Å²) < 4.78 is 12.8. The molecule has 1 atom stereocenters. The van der Waals surface area contributed by atoms with Crippen molar-refractivity contribution in [1.82, 2.24) is 10.3 Å². The second-order valence-corrected chi connectivity index (χ2v) is 5.76. The number of nitrogens with one attached hydrogen (secondary N) is 1. The molecule has 1 aromatic heterocycles. The Balaban J connectivity index is 1.56. The van der Waals surface area contributed by atoms with Crippen LogP contribution in [0.5, 0.6) is 0 Å². The lowest BCUT2D eigenvalue weighted by molar-refractivity contribution is -0.129. The molecule has 5 heteroatoms. The minimum atomic E-state index is -0.314. The zero-order chi connectivity index (χ0) is 16.2. The summed E-state index contributed by atoms with van der Waals surface area (Å²) in [6.45, 7) is 0.328. The summed E-state index contributed by atoms with van der Waals surface area (Å²) in [7, 11) is 0. The first-order chi connectivity index (χ1) is 11.1. The third-order valence-electron chi connectivity index (χ3n) is 4.08. The summed E-state index contributed by atoms with van der Waals surface area (Å²) in [6.07, 6.45) is 2.73. The topological polar surface area (TPSA) is 59.1 Å². The number of hydrogen-bond acceptors (Lipinski definition) is 3. The fraction of sp³-hybridized carbons (Fsp3) is 0.278. The van der Waals surface area contributed by atoms with Gasteiger partial charge in [0.25, 0.3) is 0 Å². The molecule has 1 aliphatic carbocycles. The van der Waals surface area contributed by atoms with Gasteiger partial charge in [-0.3, -0.25) is 14.6 Å². The van der Waals surface area contributed by atoms with Gasteiger partial charge in [-0.2, -0.15) is 0 Å².